The molecule has 1 N–H and O–H groups in total. The van der Waals surface area contributed by atoms with Crippen molar-refractivity contribution in [3.63, 3.8) is 0 Å². The van der Waals surface area contributed by atoms with Crippen molar-refractivity contribution in [2.45, 2.75) is 40.0 Å². The van der Waals surface area contributed by atoms with Gasteiger partial charge in [-0.1, -0.05) is 6.92 Å². The average molecular weight is 261 g/mol. The van der Waals surface area contributed by atoms with Crippen LogP contribution in [0.3, 0.4) is 0 Å². The van der Waals surface area contributed by atoms with Crippen molar-refractivity contribution in [3.8, 4) is 6.07 Å². The molecular weight excluding hydrogens is 238 g/mol. The number of hydrogen-bond acceptors (Lipinski definition) is 5. The van der Waals surface area contributed by atoms with Gasteiger partial charge in [-0.25, -0.2) is 9.97 Å². The summed E-state index contributed by atoms with van der Waals surface area (Å²) in [5, 5.41) is 12.0. The van der Waals surface area contributed by atoms with E-state index in [-0.39, 0.29) is 0 Å². The van der Waals surface area contributed by atoms with E-state index in [2.05, 4.69) is 35.2 Å². The van der Waals surface area contributed by atoms with E-state index in [1.54, 1.807) is 0 Å². The van der Waals surface area contributed by atoms with E-state index in [1.807, 2.05) is 18.9 Å². The predicted octanol–water partition coefficient (Wildman–Crippen LogP) is 2.52. The minimum absolute atomic E-state index is 0.500. The Kier molecular flexibility index (Phi) is 6.07. The van der Waals surface area contributed by atoms with Crippen LogP contribution >= 0.6 is 0 Å². The van der Waals surface area contributed by atoms with Crippen LogP contribution in [0, 0.1) is 18.3 Å². The molecule has 1 aromatic heterocycles. The zero-order valence-electron chi connectivity index (χ0n) is 12.3. The summed E-state index contributed by atoms with van der Waals surface area (Å²) in [6.07, 6.45) is 2.40. The molecule has 0 spiro atoms. The molecule has 104 valence electrons. The van der Waals surface area contributed by atoms with Crippen LogP contribution in [0.5, 0.6) is 0 Å². The van der Waals surface area contributed by atoms with Gasteiger partial charge in [-0.3, -0.25) is 0 Å². The Morgan fingerprint density at radius 1 is 1.32 bits per heavy atom. The molecular formula is C14H23N5. The molecule has 0 saturated heterocycles. The Morgan fingerprint density at radius 2 is 2.05 bits per heavy atom. The average Bonchev–Trinajstić information content (AvgIpc) is 2.40. The second-order valence-corrected chi connectivity index (χ2v) is 4.55. The van der Waals surface area contributed by atoms with Crippen molar-refractivity contribution >= 4 is 11.6 Å². The summed E-state index contributed by atoms with van der Waals surface area (Å²) < 4.78 is 0. The molecule has 0 aromatic carbocycles. The van der Waals surface area contributed by atoms with Crippen molar-refractivity contribution in [1.82, 2.24) is 9.97 Å². The minimum atomic E-state index is 0.500. The van der Waals surface area contributed by atoms with Gasteiger partial charge in [0, 0.05) is 32.1 Å². The summed E-state index contributed by atoms with van der Waals surface area (Å²) in [7, 11) is 1.97. The fraction of sp³-hybridized carbons (Fsp3) is 0.643. The van der Waals surface area contributed by atoms with Gasteiger partial charge in [-0.2, -0.15) is 5.26 Å². The number of anilines is 2. The van der Waals surface area contributed by atoms with Gasteiger partial charge in [0.1, 0.15) is 17.5 Å². The van der Waals surface area contributed by atoms with E-state index in [4.69, 9.17) is 5.26 Å². The van der Waals surface area contributed by atoms with Crippen molar-refractivity contribution in [3.05, 3.63) is 11.4 Å². The minimum Gasteiger partial charge on any atom is -0.370 e. The molecule has 0 aliphatic heterocycles. The van der Waals surface area contributed by atoms with Gasteiger partial charge in [0.2, 0.25) is 0 Å². The van der Waals surface area contributed by atoms with E-state index >= 15 is 0 Å². The third-order valence-corrected chi connectivity index (χ3v) is 2.90. The number of aromatic nitrogens is 2. The van der Waals surface area contributed by atoms with Crippen LogP contribution in [-0.2, 0) is 6.42 Å². The number of aryl methyl sites for hydroxylation is 1. The predicted molar refractivity (Wildman–Crippen MR) is 78.4 cm³/mol. The van der Waals surface area contributed by atoms with Gasteiger partial charge in [-0.05, 0) is 20.3 Å². The molecule has 0 atom stereocenters. The molecule has 0 fully saturated rings. The highest BCUT2D eigenvalue weighted by Crippen LogP contribution is 2.23. The molecule has 5 nitrogen and oxygen atoms in total. The molecule has 1 heterocycles. The Balaban J connectivity index is 3.09. The fourth-order valence-corrected chi connectivity index (χ4v) is 1.92. The maximum atomic E-state index is 8.69. The van der Waals surface area contributed by atoms with Crippen LogP contribution in [-0.4, -0.2) is 30.1 Å². The summed E-state index contributed by atoms with van der Waals surface area (Å²) in [5.74, 6) is 2.69. The summed E-state index contributed by atoms with van der Waals surface area (Å²) in [4.78, 5) is 11.2. The van der Waals surface area contributed by atoms with Gasteiger partial charge < -0.3 is 10.2 Å². The highest BCUT2D eigenvalue weighted by atomic mass is 15.2. The maximum absolute atomic E-state index is 8.69. The summed E-state index contributed by atoms with van der Waals surface area (Å²) in [5.41, 5.74) is 1.04. The number of rotatable bonds is 7. The van der Waals surface area contributed by atoms with Crippen LogP contribution in [0.25, 0.3) is 0 Å². The topological polar surface area (TPSA) is 64.8 Å². The lowest BCUT2D eigenvalue weighted by Crippen LogP contribution is -2.22. The molecule has 0 unspecified atom stereocenters. The SMILES string of the molecule is CCCc1nc(NCC)c(C)c(N(C)CCC#N)n1. The molecule has 0 aliphatic carbocycles. The molecule has 0 saturated carbocycles. The summed E-state index contributed by atoms with van der Waals surface area (Å²) >= 11 is 0. The molecule has 0 amide bonds. The summed E-state index contributed by atoms with van der Waals surface area (Å²) in [6.45, 7) is 7.72. The zero-order valence-corrected chi connectivity index (χ0v) is 12.3. The first-order valence-corrected chi connectivity index (χ1v) is 6.83. The Morgan fingerprint density at radius 3 is 2.63 bits per heavy atom. The van der Waals surface area contributed by atoms with E-state index in [1.165, 1.54) is 0 Å². The second-order valence-electron chi connectivity index (χ2n) is 4.55. The standard InChI is InChI=1S/C14H23N5/c1-5-8-12-17-13(16-6-2)11(3)14(18-12)19(4)10-7-9-15/h5-8,10H2,1-4H3,(H,16,17,18). The lowest BCUT2D eigenvalue weighted by molar-refractivity contribution is 0.805. The number of nitrogens with zero attached hydrogens (tertiary/aromatic N) is 4. The molecule has 19 heavy (non-hydrogen) atoms. The van der Waals surface area contributed by atoms with Crippen molar-refractivity contribution in [1.29, 1.82) is 5.26 Å². The van der Waals surface area contributed by atoms with E-state index < -0.39 is 0 Å². The molecule has 5 heteroatoms. The second kappa shape index (κ2) is 7.57. The highest BCUT2D eigenvalue weighted by Gasteiger charge is 2.13. The van der Waals surface area contributed by atoms with Crippen LogP contribution in [0.1, 0.15) is 38.1 Å². The Bertz CT molecular complexity index is 450. The normalized spacial score (nSPS) is 10.1. The Labute approximate surface area is 115 Å². The number of hydrogen-bond donors (Lipinski definition) is 1. The van der Waals surface area contributed by atoms with Gasteiger partial charge in [0.25, 0.3) is 0 Å². The third kappa shape index (κ3) is 4.09. The number of nitriles is 1. The summed E-state index contributed by atoms with van der Waals surface area (Å²) in [6, 6.07) is 2.17. The molecule has 0 bridgehead atoms. The number of nitrogens with one attached hydrogen (secondary N) is 1. The first kappa shape index (κ1) is 15.2. The monoisotopic (exact) mass is 261 g/mol. The van der Waals surface area contributed by atoms with Crippen LogP contribution in [0.4, 0.5) is 11.6 Å². The maximum Gasteiger partial charge on any atom is 0.137 e. The lowest BCUT2D eigenvalue weighted by Gasteiger charge is -2.21. The molecule has 1 rings (SSSR count). The first-order chi connectivity index (χ1) is 9.13. The lowest BCUT2D eigenvalue weighted by atomic mass is 10.2. The van der Waals surface area contributed by atoms with E-state index in [9.17, 15) is 0 Å². The van der Waals surface area contributed by atoms with Crippen LogP contribution < -0.4 is 10.2 Å². The highest BCUT2D eigenvalue weighted by molar-refractivity contribution is 5.58. The first-order valence-electron chi connectivity index (χ1n) is 6.83. The van der Waals surface area contributed by atoms with E-state index in [0.717, 1.165) is 42.4 Å². The smallest absolute Gasteiger partial charge is 0.137 e. The Hall–Kier alpha value is -1.83. The molecule has 0 aliphatic rings. The van der Waals surface area contributed by atoms with Crippen LogP contribution in [0.15, 0.2) is 0 Å². The van der Waals surface area contributed by atoms with Crippen LogP contribution in [0.2, 0.25) is 0 Å². The van der Waals surface area contributed by atoms with Crippen molar-refractivity contribution < 1.29 is 0 Å². The van der Waals surface area contributed by atoms with Crippen molar-refractivity contribution in [2.75, 3.05) is 30.4 Å². The van der Waals surface area contributed by atoms with Gasteiger partial charge in [0.05, 0.1) is 12.5 Å². The van der Waals surface area contributed by atoms with Gasteiger partial charge in [0.15, 0.2) is 0 Å². The van der Waals surface area contributed by atoms with E-state index in [0.29, 0.717) is 13.0 Å². The quantitative estimate of drug-likeness (QED) is 0.817. The molecule has 0 radical (unpaired) electrons. The molecule has 1 aromatic rings. The zero-order chi connectivity index (χ0) is 14.3. The third-order valence-electron chi connectivity index (χ3n) is 2.90. The fourth-order valence-electron chi connectivity index (χ4n) is 1.92. The van der Waals surface area contributed by atoms with Gasteiger partial charge >= 0.3 is 0 Å². The largest absolute Gasteiger partial charge is 0.370 e. The van der Waals surface area contributed by atoms with Crippen molar-refractivity contribution in [2.24, 2.45) is 0 Å². The van der Waals surface area contributed by atoms with Gasteiger partial charge in [-0.15, -0.1) is 0 Å².